The fourth-order valence-corrected chi connectivity index (χ4v) is 2.69. The van der Waals surface area contributed by atoms with E-state index < -0.39 is 0 Å². The Morgan fingerprint density at radius 2 is 1.65 bits per heavy atom. The summed E-state index contributed by atoms with van der Waals surface area (Å²) in [6.45, 7) is 5.70. The normalized spacial score (nSPS) is 17.9. The van der Waals surface area contributed by atoms with Gasteiger partial charge in [0.25, 0.3) is 6.47 Å². The van der Waals surface area contributed by atoms with Crippen LogP contribution in [0, 0.1) is 11.3 Å². The third-order valence-electron chi connectivity index (χ3n) is 4.20. The number of hydrogen-bond acceptors (Lipinski definition) is 3. The number of carbonyl (C=O) groups is 2. The van der Waals surface area contributed by atoms with Crippen molar-refractivity contribution < 1.29 is 14.7 Å². The van der Waals surface area contributed by atoms with Crippen LogP contribution in [0.3, 0.4) is 0 Å². The summed E-state index contributed by atoms with van der Waals surface area (Å²) in [6, 6.07) is 8.39. The smallest absolute Gasteiger partial charge is 0.290 e. The highest BCUT2D eigenvalue weighted by Crippen LogP contribution is 2.52. The second-order valence-corrected chi connectivity index (χ2v) is 7.05. The van der Waals surface area contributed by atoms with Crippen LogP contribution in [0.1, 0.15) is 31.4 Å². The van der Waals surface area contributed by atoms with Crippen LogP contribution in [0.2, 0.25) is 0 Å². The molecule has 1 amide bonds. The molecule has 0 aliphatic heterocycles. The molecule has 1 aliphatic rings. The van der Waals surface area contributed by atoms with Crippen LogP contribution in [0.4, 0.5) is 0 Å². The number of hydrogen-bond donors (Lipinski definition) is 1. The minimum absolute atomic E-state index is 0.203. The standard InChI is InChI=1S/C17H26N2O.CH2O2/c1-17(2)10-15(17)16(20)19(5)12-14-9-7-6-8-13(14)11-18(3)4;2-1-3/h6-9,15H,10-12H2,1-5H3;1H,(H,2,3). The van der Waals surface area contributed by atoms with E-state index in [1.165, 1.54) is 11.1 Å². The van der Waals surface area contributed by atoms with Gasteiger partial charge in [0.1, 0.15) is 0 Å². The molecule has 1 unspecified atom stereocenters. The van der Waals surface area contributed by atoms with E-state index >= 15 is 0 Å². The third-order valence-corrected chi connectivity index (χ3v) is 4.20. The van der Waals surface area contributed by atoms with Crippen LogP contribution in [0.15, 0.2) is 24.3 Å². The fraction of sp³-hybridized carbons (Fsp3) is 0.556. The Labute approximate surface area is 138 Å². The van der Waals surface area contributed by atoms with Gasteiger partial charge < -0.3 is 14.9 Å². The summed E-state index contributed by atoms with van der Waals surface area (Å²) in [7, 11) is 6.06. The van der Waals surface area contributed by atoms with Gasteiger partial charge in [0, 0.05) is 26.1 Å². The van der Waals surface area contributed by atoms with Crippen molar-refractivity contribution in [2.75, 3.05) is 21.1 Å². The van der Waals surface area contributed by atoms with Crippen molar-refractivity contribution in [3.63, 3.8) is 0 Å². The SMILES string of the molecule is CN(C)Cc1ccccc1CN(C)C(=O)C1CC1(C)C.O=CO. The van der Waals surface area contributed by atoms with Crippen LogP contribution >= 0.6 is 0 Å². The van der Waals surface area contributed by atoms with Crippen LogP contribution in [0.5, 0.6) is 0 Å². The lowest BCUT2D eigenvalue weighted by molar-refractivity contribution is -0.132. The average Bonchev–Trinajstić information content (AvgIpc) is 3.09. The summed E-state index contributed by atoms with van der Waals surface area (Å²) in [4.78, 5) is 24.8. The van der Waals surface area contributed by atoms with E-state index in [0.29, 0.717) is 6.54 Å². The molecule has 1 aromatic rings. The second-order valence-electron chi connectivity index (χ2n) is 7.05. The Bertz CT molecular complexity index is 541. The first-order valence-electron chi connectivity index (χ1n) is 7.77. The summed E-state index contributed by atoms with van der Waals surface area (Å²) in [5.74, 6) is 0.503. The van der Waals surface area contributed by atoms with E-state index in [-0.39, 0.29) is 23.7 Å². The molecule has 0 saturated heterocycles. The fourth-order valence-electron chi connectivity index (χ4n) is 2.69. The molecule has 5 nitrogen and oxygen atoms in total. The molecule has 0 radical (unpaired) electrons. The van der Waals surface area contributed by atoms with E-state index in [1.807, 2.05) is 18.0 Å². The number of carbonyl (C=O) groups excluding carboxylic acids is 1. The van der Waals surface area contributed by atoms with Crippen LogP contribution in [0.25, 0.3) is 0 Å². The van der Waals surface area contributed by atoms with Gasteiger partial charge in [-0.05, 0) is 37.1 Å². The molecule has 1 aliphatic carbocycles. The Kier molecular flexibility index (Phi) is 6.76. The zero-order valence-corrected chi connectivity index (χ0v) is 14.7. The lowest BCUT2D eigenvalue weighted by atomic mass is 10.1. The van der Waals surface area contributed by atoms with Crippen molar-refractivity contribution in [3.05, 3.63) is 35.4 Å². The number of amides is 1. The predicted molar refractivity (Wildman–Crippen MR) is 90.9 cm³/mol. The molecule has 23 heavy (non-hydrogen) atoms. The minimum atomic E-state index is -0.250. The molecular weight excluding hydrogens is 292 g/mol. The summed E-state index contributed by atoms with van der Waals surface area (Å²) in [5.41, 5.74) is 2.75. The zero-order valence-electron chi connectivity index (χ0n) is 14.7. The van der Waals surface area contributed by atoms with Gasteiger partial charge in [-0.25, -0.2) is 0 Å². The van der Waals surface area contributed by atoms with Gasteiger partial charge >= 0.3 is 0 Å². The molecule has 5 heteroatoms. The van der Waals surface area contributed by atoms with E-state index in [2.05, 4.69) is 51.0 Å². The van der Waals surface area contributed by atoms with Crippen molar-refractivity contribution >= 4 is 12.4 Å². The topological polar surface area (TPSA) is 60.9 Å². The van der Waals surface area contributed by atoms with Crippen molar-refractivity contribution in [1.29, 1.82) is 0 Å². The molecule has 1 fully saturated rings. The number of benzene rings is 1. The zero-order chi connectivity index (χ0) is 17.6. The molecule has 1 N–H and O–H groups in total. The molecule has 0 heterocycles. The van der Waals surface area contributed by atoms with Gasteiger partial charge in [-0.2, -0.15) is 0 Å². The van der Waals surface area contributed by atoms with Crippen molar-refractivity contribution in [1.82, 2.24) is 9.80 Å². The van der Waals surface area contributed by atoms with Crippen LogP contribution in [-0.4, -0.2) is 48.4 Å². The van der Waals surface area contributed by atoms with Gasteiger partial charge in [0.05, 0.1) is 0 Å². The summed E-state index contributed by atoms with van der Waals surface area (Å²) in [6.07, 6.45) is 1.02. The second kappa shape index (κ2) is 8.11. The maximum Gasteiger partial charge on any atom is 0.290 e. The van der Waals surface area contributed by atoms with Crippen molar-refractivity contribution in [2.24, 2.45) is 11.3 Å². The number of carboxylic acid groups (broad SMARTS) is 1. The third kappa shape index (κ3) is 5.67. The van der Waals surface area contributed by atoms with Crippen molar-refractivity contribution in [2.45, 2.75) is 33.4 Å². The highest BCUT2D eigenvalue weighted by atomic mass is 16.3. The van der Waals surface area contributed by atoms with E-state index in [0.717, 1.165) is 13.0 Å². The molecule has 2 rings (SSSR count). The summed E-state index contributed by atoms with van der Waals surface area (Å²) >= 11 is 0. The Morgan fingerprint density at radius 3 is 2.04 bits per heavy atom. The summed E-state index contributed by atoms with van der Waals surface area (Å²) in [5, 5.41) is 6.89. The molecule has 128 valence electrons. The van der Waals surface area contributed by atoms with Crippen LogP contribution < -0.4 is 0 Å². The maximum absolute atomic E-state index is 12.4. The number of rotatable bonds is 5. The Morgan fingerprint density at radius 1 is 1.22 bits per heavy atom. The molecule has 0 bridgehead atoms. The van der Waals surface area contributed by atoms with E-state index in [1.54, 1.807) is 0 Å². The van der Waals surface area contributed by atoms with Gasteiger partial charge in [-0.15, -0.1) is 0 Å². The number of nitrogens with zero attached hydrogens (tertiary/aromatic N) is 2. The largest absolute Gasteiger partial charge is 0.483 e. The molecule has 0 spiro atoms. The lowest BCUT2D eigenvalue weighted by Crippen LogP contribution is -2.29. The van der Waals surface area contributed by atoms with Crippen LogP contribution in [-0.2, 0) is 22.7 Å². The van der Waals surface area contributed by atoms with Gasteiger partial charge in [-0.3, -0.25) is 9.59 Å². The predicted octanol–water partition coefficient (Wildman–Crippen LogP) is 2.45. The Hall–Kier alpha value is -1.88. The first-order valence-corrected chi connectivity index (χ1v) is 7.77. The monoisotopic (exact) mass is 320 g/mol. The highest BCUT2D eigenvalue weighted by molar-refractivity contribution is 5.82. The molecule has 0 aromatic heterocycles. The molecule has 1 saturated carbocycles. The maximum atomic E-state index is 12.4. The van der Waals surface area contributed by atoms with Gasteiger partial charge in [0.2, 0.25) is 5.91 Å². The Balaban J connectivity index is 0.000000816. The van der Waals surface area contributed by atoms with E-state index in [4.69, 9.17) is 9.90 Å². The highest BCUT2D eigenvalue weighted by Gasteiger charge is 2.51. The average molecular weight is 320 g/mol. The minimum Gasteiger partial charge on any atom is -0.483 e. The van der Waals surface area contributed by atoms with Gasteiger partial charge in [-0.1, -0.05) is 38.1 Å². The molecular formula is C18H28N2O3. The quantitative estimate of drug-likeness (QED) is 0.847. The summed E-state index contributed by atoms with van der Waals surface area (Å²) < 4.78 is 0. The van der Waals surface area contributed by atoms with Crippen molar-refractivity contribution in [3.8, 4) is 0 Å². The first kappa shape index (κ1) is 19.2. The van der Waals surface area contributed by atoms with E-state index in [9.17, 15) is 4.79 Å². The lowest BCUT2D eigenvalue weighted by Gasteiger charge is -2.21. The molecule has 1 atom stereocenters. The first-order chi connectivity index (χ1) is 10.7. The molecule has 1 aromatic carbocycles. The van der Waals surface area contributed by atoms with Gasteiger partial charge in [0.15, 0.2) is 0 Å².